The molecule has 12 aromatic rings. The van der Waals surface area contributed by atoms with Gasteiger partial charge < -0.3 is 13.7 Å². The van der Waals surface area contributed by atoms with Gasteiger partial charge in [-0.1, -0.05) is 84.9 Å². The van der Waals surface area contributed by atoms with Crippen LogP contribution in [-0.2, 0) is 0 Å². The molecule has 0 aliphatic rings. The zero-order chi connectivity index (χ0) is 38.9. The number of nitrogens with zero attached hydrogens (tertiary/aromatic N) is 5. The molecule has 0 radical (unpaired) electrons. The highest BCUT2D eigenvalue weighted by Gasteiger charge is 2.17. The minimum atomic E-state index is 0.753. The summed E-state index contributed by atoms with van der Waals surface area (Å²) >= 11 is 0. The highest BCUT2D eigenvalue weighted by atomic mass is 15.0. The van der Waals surface area contributed by atoms with Crippen molar-refractivity contribution in [3.05, 3.63) is 213 Å². The quantitative estimate of drug-likeness (QED) is 0.170. The summed E-state index contributed by atoms with van der Waals surface area (Å²) < 4.78 is 6.95. The van der Waals surface area contributed by atoms with Gasteiger partial charge in [-0.2, -0.15) is 0 Å². The topological polar surface area (TPSA) is 40.6 Å². The van der Waals surface area contributed by atoms with Gasteiger partial charge in [-0.25, -0.2) is 9.97 Å². The highest BCUT2D eigenvalue weighted by molar-refractivity contribution is 6.12. The number of benzene rings is 7. The van der Waals surface area contributed by atoms with E-state index in [0.29, 0.717) is 0 Å². The molecule has 276 valence electrons. The second-order valence-corrected chi connectivity index (χ2v) is 15.2. The van der Waals surface area contributed by atoms with Crippen LogP contribution < -0.4 is 0 Å². The van der Waals surface area contributed by atoms with E-state index in [1.165, 1.54) is 54.8 Å². The molecule has 0 saturated heterocycles. The fraction of sp³-hybridized carbons (Fsp3) is 0. The number of fused-ring (bicyclic) bond motifs is 6. The third-order valence-corrected chi connectivity index (χ3v) is 11.8. The van der Waals surface area contributed by atoms with Crippen molar-refractivity contribution in [3.63, 3.8) is 0 Å². The van der Waals surface area contributed by atoms with Crippen molar-refractivity contribution in [1.82, 2.24) is 23.7 Å². The van der Waals surface area contributed by atoms with E-state index in [4.69, 9.17) is 0 Å². The maximum Gasteiger partial charge on any atom is 0.159 e. The summed E-state index contributed by atoms with van der Waals surface area (Å²) in [6.45, 7) is 0. The number of para-hydroxylation sites is 2. The summed E-state index contributed by atoms with van der Waals surface area (Å²) in [4.78, 5) is 8.99. The van der Waals surface area contributed by atoms with Gasteiger partial charge in [-0.15, -0.1) is 0 Å². The van der Waals surface area contributed by atoms with E-state index in [0.717, 1.165) is 50.3 Å². The van der Waals surface area contributed by atoms with Gasteiger partial charge in [-0.3, -0.25) is 0 Å². The highest BCUT2D eigenvalue weighted by Crippen LogP contribution is 2.39. The Hall–Kier alpha value is -8.02. The molecule has 5 nitrogen and oxygen atoms in total. The van der Waals surface area contributed by atoms with Crippen molar-refractivity contribution < 1.29 is 0 Å². The van der Waals surface area contributed by atoms with Gasteiger partial charge in [0.05, 0.1) is 22.1 Å². The van der Waals surface area contributed by atoms with Crippen LogP contribution in [0.5, 0.6) is 0 Å². The van der Waals surface area contributed by atoms with Gasteiger partial charge in [0.1, 0.15) is 0 Å². The second kappa shape index (κ2) is 13.3. The Morgan fingerprint density at radius 3 is 1.41 bits per heavy atom. The molecule has 0 fully saturated rings. The van der Waals surface area contributed by atoms with Crippen LogP contribution in [0.25, 0.3) is 105 Å². The van der Waals surface area contributed by atoms with Crippen molar-refractivity contribution in [3.8, 4) is 50.4 Å². The zero-order valence-electron chi connectivity index (χ0n) is 31.9. The summed E-state index contributed by atoms with van der Waals surface area (Å²) in [5.41, 5.74) is 15.8. The standard InChI is InChI=1S/C54H35N5/c1-3-8-43(9-4-1)57-30-26-37-13-15-41(34-52(37)57)39-19-23-50-48(32-39)49-33-40(42-16-14-38-27-31-58(53(38)35-42)44-10-5-2-6-11-44)20-24-51(49)59(50)45-21-17-36(18-22-45)46-25-29-56-54-47(46)12-7-28-55-54/h1-35H. The molecule has 7 aromatic carbocycles. The Morgan fingerprint density at radius 1 is 0.322 bits per heavy atom. The molecule has 59 heavy (non-hydrogen) atoms. The summed E-state index contributed by atoms with van der Waals surface area (Å²) in [6.07, 6.45) is 7.96. The predicted octanol–water partition coefficient (Wildman–Crippen LogP) is 13.6. The van der Waals surface area contributed by atoms with E-state index in [9.17, 15) is 0 Å². The molecule has 5 heteroatoms. The number of aromatic nitrogens is 5. The average molecular weight is 754 g/mol. The van der Waals surface area contributed by atoms with Crippen LogP contribution in [-0.4, -0.2) is 23.7 Å². The van der Waals surface area contributed by atoms with E-state index in [1.54, 1.807) is 6.20 Å². The lowest BCUT2D eigenvalue weighted by Gasteiger charge is -2.11. The summed E-state index contributed by atoms with van der Waals surface area (Å²) in [7, 11) is 0. The number of hydrogen-bond donors (Lipinski definition) is 0. The van der Waals surface area contributed by atoms with E-state index in [1.807, 2.05) is 12.3 Å². The van der Waals surface area contributed by atoms with Crippen LogP contribution >= 0.6 is 0 Å². The molecule has 0 N–H and O–H groups in total. The second-order valence-electron chi connectivity index (χ2n) is 15.2. The molecule has 5 aromatic heterocycles. The van der Waals surface area contributed by atoms with E-state index < -0.39 is 0 Å². The summed E-state index contributed by atoms with van der Waals surface area (Å²) in [5, 5.41) is 5.90. The van der Waals surface area contributed by atoms with Crippen LogP contribution in [0.15, 0.2) is 213 Å². The van der Waals surface area contributed by atoms with Crippen LogP contribution in [0.4, 0.5) is 0 Å². The molecule has 12 rings (SSSR count). The smallest absolute Gasteiger partial charge is 0.159 e. The maximum absolute atomic E-state index is 4.49. The molecule has 0 spiro atoms. The molecule has 0 aliphatic carbocycles. The van der Waals surface area contributed by atoms with E-state index in [2.05, 4.69) is 218 Å². The number of rotatable bonds is 6. The average Bonchev–Trinajstić information content (AvgIpc) is 4.03. The van der Waals surface area contributed by atoms with Crippen molar-refractivity contribution in [2.24, 2.45) is 0 Å². The normalized spacial score (nSPS) is 11.7. The molecule has 0 bridgehead atoms. The molecule has 0 atom stereocenters. The van der Waals surface area contributed by atoms with Crippen LogP contribution in [0, 0.1) is 0 Å². The summed E-state index contributed by atoms with van der Waals surface area (Å²) in [6, 6.07) is 68.0. The lowest BCUT2D eigenvalue weighted by molar-refractivity contribution is 1.13. The first-order chi connectivity index (χ1) is 29.2. The van der Waals surface area contributed by atoms with Crippen LogP contribution in [0.1, 0.15) is 0 Å². The Kier molecular flexibility index (Phi) is 7.47. The summed E-state index contributed by atoms with van der Waals surface area (Å²) in [5.74, 6) is 0. The molecule has 0 saturated carbocycles. The minimum absolute atomic E-state index is 0.753. The van der Waals surface area contributed by atoms with Gasteiger partial charge in [0.25, 0.3) is 0 Å². The first-order valence-electron chi connectivity index (χ1n) is 20.0. The first kappa shape index (κ1) is 33.2. The van der Waals surface area contributed by atoms with Gasteiger partial charge in [0, 0.05) is 58.0 Å². The van der Waals surface area contributed by atoms with Gasteiger partial charge >= 0.3 is 0 Å². The van der Waals surface area contributed by atoms with Crippen LogP contribution in [0.2, 0.25) is 0 Å². The number of pyridine rings is 2. The Bertz CT molecular complexity index is 3360. The molecule has 5 heterocycles. The van der Waals surface area contributed by atoms with Crippen molar-refractivity contribution in [2.75, 3.05) is 0 Å². The van der Waals surface area contributed by atoms with E-state index in [-0.39, 0.29) is 0 Å². The first-order valence-corrected chi connectivity index (χ1v) is 20.0. The third-order valence-electron chi connectivity index (χ3n) is 11.8. The third kappa shape index (κ3) is 5.47. The molecular formula is C54H35N5. The number of hydrogen-bond acceptors (Lipinski definition) is 2. The van der Waals surface area contributed by atoms with Crippen molar-refractivity contribution >= 4 is 54.6 Å². The molecule has 0 amide bonds. The van der Waals surface area contributed by atoms with Crippen molar-refractivity contribution in [2.45, 2.75) is 0 Å². The van der Waals surface area contributed by atoms with Gasteiger partial charge in [0.2, 0.25) is 0 Å². The molecular weight excluding hydrogens is 719 g/mol. The Labute approximate surface area is 340 Å². The largest absolute Gasteiger partial charge is 0.317 e. The monoisotopic (exact) mass is 753 g/mol. The Morgan fingerprint density at radius 2 is 0.831 bits per heavy atom. The van der Waals surface area contributed by atoms with Crippen molar-refractivity contribution in [1.29, 1.82) is 0 Å². The lowest BCUT2D eigenvalue weighted by Crippen LogP contribution is -1.94. The molecule has 0 unspecified atom stereocenters. The van der Waals surface area contributed by atoms with Gasteiger partial charge in [-0.05, 0) is 147 Å². The zero-order valence-corrected chi connectivity index (χ0v) is 31.9. The fourth-order valence-electron chi connectivity index (χ4n) is 8.93. The fourth-order valence-corrected chi connectivity index (χ4v) is 8.93. The van der Waals surface area contributed by atoms with Gasteiger partial charge in [0.15, 0.2) is 5.65 Å². The SMILES string of the molecule is c1ccc(-n2ccc3ccc(-c4ccc5c(c4)c4cc(-c6ccc7ccn(-c8ccccc8)c7c6)ccc4n5-c4ccc(-c5ccnc6ncccc56)cc4)cc32)cc1. The molecule has 0 aliphatic heterocycles. The predicted molar refractivity (Wildman–Crippen MR) is 244 cm³/mol. The van der Waals surface area contributed by atoms with E-state index >= 15 is 0 Å². The van der Waals surface area contributed by atoms with Crippen LogP contribution in [0.3, 0.4) is 0 Å². The lowest BCUT2D eigenvalue weighted by atomic mass is 9.99. The maximum atomic E-state index is 4.49. The minimum Gasteiger partial charge on any atom is -0.317 e. The Balaban J connectivity index is 1.03.